The first-order chi connectivity index (χ1) is 10.2. The molecule has 1 aromatic rings. The molecule has 0 aromatic heterocycles. The Kier molecular flexibility index (Phi) is 6.11. The SMILES string of the molecule is C=CCCC(=O)CC[C@@H]1O[C@H](c2ccccc2)OC[C@H]1O. The number of Topliss-reactive ketones (excluding diaryl/α,β-unsaturated/α-hetero) is 1. The Labute approximate surface area is 125 Å². The van der Waals surface area contributed by atoms with Gasteiger partial charge in [-0.1, -0.05) is 36.4 Å². The van der Waals surface area contributed by atoms with E-state index in [1.165, 1.54) is 0 Å². The molecule has 1 aliphatic heterocycles. The van der Waals surface area contributed by atoms with Crippen molar-refractivity contribution >= 4 is 5.78 Å². The van der Waals surface area contributed by atoms with E-state index in [1.807, 2.05) is 30.3 Å². The first-order valence-corrected chi connectivity index (χ1v) is 7.33. The minimum absolute atomic E-state index is 0.174. The van der Waals surface area contributed by atoms with Gasteiger partial charge in [-0.2, -0.15) is 0 Å². The number of carbonyl (C=O) groups is 1. The van der Waals surface area contributed by atoms with E-state index in [9.17, 15) is 9.90 Å². The van der Waals surface area contributed by atoms with Crippen LogP contribution < -0.4 is 0 Å². The zero-order valence-electron chi connectivity index (χ0n) is 12.1. The highest BCUT2D eigenvalue weighted by Gasteiger charge is 2.31. The summed E-state index contributed by atoms with van der Waals surface area (Å²) in [6.07, 6.45) is 2.36. The number of ketones is 1. The van der Waals surface area contributed by atoms with Crippen molar-refractivity contribution in [3.05, 3.63) is 48.6 Å². The van der Waals surface area contributed by atoms with Gasteiger partial charge in [-0.25, -0.2) is 0 Å². The molecule has 1 N–H and O–H groups in total. The van der Waals surface area contributed by atoms with Crippen LogP contribution in [0, 0.1) is 0 Å². The van der Waals surface area contributed by atoms with Crippen molar-refractivity contribution in [1.82, 2.24) is 0 Å². The van der Waals surface area contributed by atoms with Gasteiger partial charge in [-0.05, 0) is 12.8 Å². The third-order valence-electron chi connectivity index (χ3n) is 3.55. The van der Waals surface area contributed by atoms with E-state index in [2.05, 4.69) is 6.58 Å². The van der Waals surface area contributed by atoms with Gasteiger partial charge in [0.15, 0.2) is 6.29 Å². The highest BCUT2D eigenvalue weighted by molar-refractivity contribution is 5.78. The smallest absolute Gasteiger partial charge is 0.184 e. The van der Waals surface area contributed by atoms with Crippen LogP contribution >= 0.6 is 0 Å². The van der Waals surface area contributed by atoms with Crippen LogP contribution in [0.5, 0.6) is 0 Å². The van der Waals surface area contributed by atoms with Gasteiger partial charge in [-0.3, -0.25) is 4.79 Å². The molecule has 1 saturated heterocycles. The van der Waals surface area contributed by atoms with Crippen LogP contribution in [0.3, 0.4) is 0 Å². The van der Waals surface area contributed by atoms with Crippen molar-refractivity contribution in [2.45, 2.75) is 44.2 Å². The number of aliphatic hydroxyl groups excluding tert-OH is 1. The predicted molar refractivity (Wildman–Crippen MR) is 79.7 cm³/mol. The fourth-order valence-corrected chi connectivity index (χ4v) is 2.32. The van der Waals surface area contributed by atoms with Crippen LogP contribution in [0.4, 0.5) is 0 Å². The van der Waals surface area contributed by atoms with E-state index in [0.29, 0.717) is 25.7 Å². The number of hydrogen-bond donors (Lipinski definition) is 1. The highest BCUT2D eigenvalue weighted by Crippen LogP contribution is 2.28. The van der Waals surface area contributed by atoms with Crippen molar-refractivity contribution < 1.29 is 19.4 Å². The van der Waals surface area contributed by atoms with Crippen LogP contribution in [-0.2, 0) is 14.3 Å². The summed E-state index contributed by atoms with van der Waals surface area (Å²) in [5, 5.41) is 9.95. The van der Waals surface area contributed by atoms with Crippen molar-refractivity contribution in [3.8, 4) is 0 Å². The summed E-state index contributed by atoms with van der Waals surface area (Å²) in [5.41, 5.74) is 0.924. The van der Waals surface area contributed by atoms with Gasteiger partial charge in [-0.15, -0.1) is 6.58 Å². The molecular weight excluding hydrogens is 268 g/mol. The monoisotopic (exact) mass is 290 g/mol. The minimum atomic E-state index is -0.683. The van der Waals surface area contributed by atoms with Crippen molar-refractivity contribution in [1.29, 1.82) is 0 Å². The van der Waals surface area contributed by atoms with Gasteiger partial charge >= 0.3 is 0 Å². The lowest BCUT2D eigenvalue weighted by Gasteiger charge is -2.34. The van der Waals surface area contributed by atoms with Crippen LogP contribution in [0.2, 0.25) is 0 Å². The van der Waals surface area contributed by atoms with Crippen LogP contribution in [-0.4, -0.2) is 29.7 Å². The molecule has 0 amide bonds. The van der Waals surface area contributed by atoms with Crippen LogP contribution in [0.15, 0.2) is 43.0 Å². The number of carbonyl (C=O) groups excluding carboxylic acids is 1. The molecule has 21 heavy (non-hydrogen) atoms. The van der Waals surface area contributed by atoms with Gasteiger partial charge in [0.2, 0.25) is 0 Å². The number of ether oxygens (including phenoxy) is 2. The third kappa shape index (κ3) is 4.77. The van der Waals surface area contributed by atoms with E-state index in [0.717, 1.165) is 5.56 Å². The minimum Gasteiger partial charge on any atom is -0.388 e. The molecule has 1 aliphatic rings. The van der Waals surface area contributed by atoms with Crippen molar-refractivity contribution in [2.24, 2.45) is 0 Å². The topological polar surface area (TPSA) is 55.8 Å². The lowest BCUT2D eigenvalue weighted by molar-refractivity contribution is -0.257. The van der Waals surface area contributed by atoms with E-state index >= 15 is 0 Å². The molecule has 3 atom stereocenters. The second kappa shape index (κ2) is 8.08. The molecule has 0 bridgehead atoms. The average molecular weight is 290 g/mol. The van der Waals surface area contributed by atoms with Gasteiger partial charge in [0.25, 0.3) is 0 Å². The third-order valence-corrected chi connectivity index (χ3v) is 3.55. The molecule has 114 valence electrons. The molecule has 0 saturated carbocycles. The molecule has 1 aromatic carbocycles. The maximum atomic E-state index is 11.7. The fourth-order valence-electron chi connectivity index (χ4n) is 2.32. The summed E-state index contributed by atoms with van der Waals surface area (Å²) in [6.45, 7) is 3.83. The summed E-state index contributed by atoms with van der Waals surface area (Å²) in [5.74, 6) is 0.174. The lowest BCUT2D eigenvalue weighted by Crippen LogP contribution is -2.40. The molecule has 0 spiro atoms. The first-order valence-electron chi connectivity index (χ1n) is 7.33. The molecule has 0 aliphatic carbocycles. The van der Waals surface area contributed by atoms with E-state index < -0.39 is 12.4 Å². The number of aliphatic hydroxyl groups is 1. The number of benzene rings is 1. The maximum Gasteiger partial charge on any atom is 0.184 e. The predicted octanol–water partition coefficient (Wildman–Crippen LogP) is 2.78. The Morgan fingerprint density at radius 2 is 2.10 bits per heavy atom. The van der Waals surface area contributed by atoms with E-state index in [1.54, 1.807) is 6.08 Å². The van der Waals surface area contributed by atoms with Crippen LogP contribution in [0.25, 0.3) is 0 Å². The molecule has 0 unspecified atom stereocenters. The summed E-state index contributed by atoms with van der Waals surface area (Å²) in [4.78, 5) is 11.7. The largest absolute Gasteiger partial charge is 0.388 e. The van der Waals surface area contributed by atoms with E-state index in [-0.39, 0.29) is 18.5 Å². The maximum absolute atomic E-state index is 11.7. The molecule has 1 fully saturated rings. The van der Waals surface area contributed by atoms with Crippen molar-refractivity contribution in [2.75, 3.05) is 6.61 Å². The summed E-state index contributed by atoms with van der Waals surface area (Å²) in [7, 11) is 0. The highest BCUT2D eigenvalue weighted by atomic mass is 16.7. The average Bonchev–Trinajstić information content (AvgIpc) is 2.53. The second-order valence-electron chi connectivity index (χ2n) is 5.22. The lowest BCUT2D eigenvalue weighted by atomic mass is 10.0. The Morgan fingerprint density at radius 3 is 2.81 bits per heavy atom. The van der Waals surface area contributed by atoms with Crippen LogP contribution in [0.1, 0.15) is 37.5 Å². The summed E-state index contributed by atoms with van der Waals surface area (Å²) < 4.78 is 11.3. The Morgan fingerprint density at radius 1 is 1.33 bits per heavy atom. The molecule has 0 radical (unpaired) electrons. The first kappa shape index (κ1) is 15.9. The second-order valence-corrected chi connectivity index (χ2v) is 5.22. The van der Waals surface area contributed by atoms with Gasteiger partial charge < -0.3 is 14.6 Å². The zero-order chi connectivity index (χ0) is 15.1. The standard InChI is InChI=1S/C17H22O4/c1-2-3-9-14(18)10-11-16-15(19)12-20-17(21-16)13-7-5-4-6-8-13/h2,4-8,15-17,19H,1,3,9-12H2/t15-,16+,17-/m1/s1. The van der Waals surface area contributed by atoms with Gasteiger partial charge in [0.1, 0.15) is 11.9 Å². The Hall–Kier alpha value is -1.49. The normalized spacial score (nSPS) is 25.5. The van der Waals surface area contributed by atoms with Gasteiger partial charge in [0.05, 0.1) is 12.7 Å². The molecule has 1 heterocycles. The number of hydrogen-bond acceptors (Lipinski definition) is 4. The molecular formula is C17H22O4. The Balaban J connectivity index is 1.86. The molecule has 4 nitrogen and oxygen atoms in total. The fraction of sp³-hybridized carbons (Fsp3) is 0.471. The Bertz CT molecular complexity index is 457. The van der Waals surface area contributed by atoms with E-state index in [4.69, 9.17) is 9.47 Å². The number of allylic oxidation sites excluding steroid dienone is 1. The molecule has 2 rings (SSSR count). The molecule has 4 heteroatoms. The van der Waals surface area contributed by atoms with Crippen molar-refractivity contribution in [3.63, 3.8) is 0 Å². The number of rotatable bonds is 7. The quantitative estimate of drug-likeness (QED) is 0.785. The summed E-state index contributed by atoms with van der Waals surface area (Å²) in [6, 6.07) is 9.61. The zero-order valence-corrected chi connectivity index (χ0v) is 12.1. The summed E-state index contributed by atoms with van der Waals surface area (Å²) >= 11 is 0. The van der Waals surface area contributed by atoms with Gasteiger partial charge in [0, 0.05) is 18.4 Å².